The van der Waals surface area contributed by atoms with Crippen LogP contribution in [0.25, 0.3) is 10.4 Å². The Hall–Kier alpha value is -2.12. The minimum Gasteiger partial charge on any atom is -0.444 e. The standard InChI is InChI=1S/C16H18FN5O2S/c17-14-5-10(21-7-13(6-19-20-18)24-16(21)23)3-4-15(14)22-11-1-2-12(22)9-25-8-11/h3-5,11-13H,1-2,6-9H2/t11?,12?,13-/m0/s1. The summed E-state index contributed by atoms with van der Waals surface area (Å²) in [5.41, 5.74) is 9.45. The summed E-state index contributed by atoms with van der Waals surface area (Å²) in [6.45, 7) is 0.330. The van der Waals surface area contributed by atoms with E-state index in [-0.39, 0.29) is 18.9 Å². The molecule has 0 spiro atoms. The molecule has 3 fully saturated rings. The van der Waals surface area contributed by atoms with Crippen molar-refractivity contribution in [3.63, 3.8) is 0 Å². The van der Waals surface area contributed by atoms with Crippen LogP contribution in [0.4, 0.5) is 20.6 Å². The number of halogens is 1. The summed E-state index contributed by atoms with van der Waals surface area (Å²) >= 11 is 1.94. The molecule has 7 nitrogen and oxygen atoms in total. The number of anilines is 2. The number of azide groups is 1. The van der Waals surface area contributed by atoms with Crippen molar-refractivity contribution < 1.29 is 13.9 Å². The Balaban J connectivity index is 1.54. The minimum atomic E-state index is -0.542. The van der Waals surface area contributed by atoms with Crippen molar-refractivity contribution in [3.05, 3.63) is 34.5 Å². The first-order chi connectivity index (χ1) is 12.2. The summed E-state index contributed by atoms with van der Waals surface area (Å²) in [4.78, 5) is 18.3. The van der Waals surface area contributed by atoms with Crippen LogP contribution in [-0.2, 0) is 4.74 Å². The highest BCUT2D eigenvalue weighted by atomic mass is 32.2. The molecule has 3 heterocycles. The van der Waals surface area contributed by atoms with E-state index < -0.39 is 12.2 Å². The van der Waals surface area contributed by atoms with Crippen LogP contribution in [0.2, 0.25) is 0 Å². The van der Waals surface area contributed by atoms with Crippen molar-refractivity contribution in [2.45, 2.75) is 31.0 Å². The summed E-state index contributed by atoms with van der Waals surface area (Å²) in [6.07, 6.45) is 1.18. The molecule has 3 aliphatic heterocycles. The fraction of sp³-hybridized carbons (Fsp3) is 0.562. The molecule has 3 atom stereocenters. The Kier molecular flexibility index (Phi) is 4.35. The topological polar surface area (TPSA) is 81.5 Å². The van der Waals surface area contributed by atoms with Crippen LogP contribution in [0.5, 0.6) is 0 Å². The van der Waals surface area contributed by atoms with Gasteiger partial charge in [-0.2, -0.15) is 11.8 Å². The minimum absolute atomic E-state index is 0.0775. The molecule has 2 unspecified atom stereocenters. The maximum atomic E-state index is 14.8. The molecule has 1 amide bonds. The predicted octanol–water partition coefficient (Wildman–Crippen LogP) is 3.55. The number of benzene rings is 1. The van der Waals surface area contributed by atoms with E-state index in [2.05, 4.69) is 14.9 Å². The van der Waals surface area contributed by atoms with Crippen molar-refractivity contribution in [1.29, 1.82) is 0 Å². The van der Waals surface area contributed by atoms with E-state index in [1.165, 1.54) is 11.0 Å². The second-order valence-electron chi connectivity index (χ2n) is 6.50. The summed E-state index contributed by atoms with van der Waals surface area (Å²) < 4.78 is 19.9. The number of cyclic esters (lactones) is 1. The highest BCUT2D eigenvalue weighted by molar-refractivity contribution is 7.99. The second-order valence-corrected chi connectivity index (χ2v) is 7.57. The lowest BCUT2D eigenvalue weighted by atomic mass is 10.2. The monoisotopic (exact) mass is 363 g/mol. The number of amides is 1. The molecular formula is C16H18FN5O2S. The number of rotatable bonds is 4. The van der Waals surface area contributed by atoms with Crippen molar-refractivity contribution in [2.75, 3.05) is 34.4 Å². The van der Waals surface area contributed by atoms with Gasteiger partial charge >= 0.3 is 6.09 Å². The molecule has 0 N–H and O–H groups in total. The van der Waals surface area contributed by atoms with Gasteiger partial charge in [0.25, 0.3) is 0 Å². The Bertz CT molecular complexity index is 725. The Morgan fingerprint density at radius 2 is 2.12 bits per heavy atom. The van der Waals surface area contributed by atoms with Crippen molar-refractivity contribution >= 4 is 29.2 Å². The first-order valence-corrected chi connectivity index (χ1v) is 9.47. The van der Waals surface area contributed by atoms with Crippen molar-refractivity contribution in [2.24, 2.45) is 5.11 Å². The van der Waals surface area contributed by atoms with E-state index in [0.29, 0.717) is 23.5 Å². The van der Waals surface area contributed by atoms with Gasteiger partial charge in [0.15, 0.2) is 0 Å². The maximum Gasteiger partial charge on any atom is 0.414 e. The van der Waals surface area contributed by atoms with E-state index in [9.17, 15) is 9.18 Å². The van der Waals surface area contributed by atoms with Gasteiger partial charge < -0.3 is 9.64 Å². The zero-order valence-electron chi connectivity index (χ0n) is 13.5. The summed E-state index contributed by atoms with van der Waals surface area (Å²) in [5, 5.41) is 3.43. The molecule has 4 rings (SSSR count). The first kappa shape index (κ1) is 16.4. The Morgan fingerprint density at radius 1 is 1.36 bits per heavy atom. The highest BCUT2D eigenvalue weighted by Gasteiger charge is 2.38. The lowest BCUT2D eigenvalue weighted by Gasteiger charge is -2.36. The lowest BCUT2D eigenvalue weighted by molar-refractivity contribution is 0.145. The molecule has 2 bridgehead atoms. The van der Waals surface area contributed by atoms with Crippen LogP contribution in [0.1, 0.15) is 12.8 Å². The van der Waals surface area contributed by atoms with Gasteiger partial charge in [0.05, 0.1) is 24.5 Å². The number of fused-ring (bicyclic) bond motifs is 2. The number of ether oxygens (including phenoxy) is 1. The fourth-order valence-corrected chi connectivity index (χ4v) is 5.18. The summed E-state index contributed by atoms with van der Waals surface area (Å²) in [7, 11) is 0. The number of carbonyl (C=O) groups excluding carboxylic acids is 1. The molecule has 0 aliphatic carbocycles. The molecule has 25 heavy (non-hydrogen) atoms. The van der Waals surface area contributed by atoms with E-state index in [1.807, 2.05) is 11.8 Å². The smallest absolute Gasteiger partial charge is 0.414 e. The number of nitrogens with zero attached hydrogens (tertiary/aromatic N) is 5. The average molecular weight is 363 g/mol. The lowest BCUT2D eigenvalue weighted by Crippen LogP contribution is -2.43. The van der Waals surface area contributed by atoms with E-state index in [1.54, 1.807) is 12.1 Å². The third kappa shape index (κ3) is 2.98. The largest absolute Gasteiger partial charge is 0.444 e. The van der Waals surface area contributed by atoms with Crippen LogP contribution in [0.3, 0.4) is 0 Å². The number of thioether (sulfide) groups is 1. The van der Waals surface area contributed by atoms with Crippen molar-refractivity contribution in [3.8, 4) is 0 Å². The van der Waals surface area contributed by atoms with Gasteiger partial charge in [-0.05, 0) is 36.6 Å². The zero-order chi connectivity index (χ0) is 17.4. The molecule has 3 aliphatic rings. The van der Waals surface area contributed by atoms with E-state index >= 15 is 0 Å². The molecule has 1 aromatic rings. The van der Waals surface area contributed by atoms with Gasteiger partial charge in [-0.15, -0.1) is 0 Å². The maximum absolute atomic E-state index is 14.8. The van der Waals surface area contributed by atoms with Gasteiger partial charge in [-0.25, -0.2) is 9.18 Å². The summed E-state index contributed by atoms with van der Waals surface area (Å²) in [5.74, 6) is 1.77. The first-order valence-electron chi connectivity index (χ1n) is 8.32. The average Bonchev–Trinajstić information content (AvgIpc) is 3.09. The van der Waals surface area contributed by atoms with Gasteiger partial charge in [0.1, 0.15) is 11.9 Å². The molecule has 1 aromatic carbocycles. The Morgan fingerprint density at radius 3 is 2.80 bits per heavy atom. The third-order valence-electron chi connectivity index (χ3n) is 4.98. The van der Waals surface area contributed by atoms with Gasteiger partial charge in [0, 0.05) is 28.5 Å². The van der Waals surface area contributed by atoms with Crippen LogP contribution in [0, 0.1) is 5.82 Å². The molecule has 132 valence electrons. The van der Waals surface area contributed by atoms with Crippen LogP contribution in [-0.4, -0.2) is 48.9 Å². The fourth-order valence-electron chi connectivity index (χ4n) is 3.85. The predicted molar refractivity (Wildman–Crippen MR) is 94.6 cm³/mol. The molecule has 0 aromatic heterocycles. The van der Waals surface area contributed by atoms with Crippen LogP contribution < -0.4 is 9.80 Å². The van der Waals surface area contributed by atoms with Crippen LogP contribution in [0.15, 0.2) is 23.3 Å². The molecule has 0 saturated carbocycles. The SMILES string of the molecule is [N-]=[N+]=NC[C@H]1CN(c2ccc(N3C4CCC3CSC4)c(F)c2)C(=O)O1. The number of hydrogen-bond donors (Lipinski definition) is 0. The van der Waals surface area contributed by atoms with E-state index in [0.717, 1.165) is 24.3 Å². The third-order valence-corrected chi connectivity index (χ3v) is 6.23. The molecular weight excluding hydrogens is 345 g/mol. The molecule has 0 radical (unpaired) electrons. The number of hydrogen-bond acceptors (Lipinski definition) is 5. The van der Waals surface area contributed by atoms with Gasteiger partial charge in [-0.1, -0.05) is 5.11 Å². The normalized spacial score (nSPS) is 28.0. The second kappa shape index (κ2) is 6.65. The highest BCUT2D eigenvalue weighted by Crippen LogP contribution is 2.40. The van der Waals surface area contributed by atoms with E-state index in [4.69, 9.17) is 10.3 Å². The quantitative estimate of drug-likeness (QED) is 0.465. The van der Waals surface area contributed by atoms with Gasteiger partial charge in [-0.3, -0.25) is 4.90 Å². The molecule has 3 saturated heterocycles. The van der Waals surface area contributed by atoms with Crippen molar-refractivity contribution in [1.82, 2.24) is 0 Å². The van der Waals surface area contributed by atoms with Crippen LogP contribution >= 0.6 is 11.8 Å². The summed E-state index contributed by atoms with van der Waals surface area (Å²) in [6, 6.07) is 5.72. The Labute approximate surface area is 148 Å². The number of carbonyl (C=O) groups is 1. The molecule has 9 heteroatoms. The zero-order valence-corrected chi connectivity index (χ0v) is 14.4. The van der Waals surface area contributed by atoms with Gasteiger partial charge in [0.2, 0.25) is 0 Å².